The van der Waals surface area contributed by atoms with Crippen LogP contribution in [-0.2, 0) is 0 Å². The number of methoxy groups -OCH3 is 1. The molecule has 0 amide bonds. The van der Waals surface area contributed by atoms with Crippen LogP contribution in [-0.4, -0.2) is 72.4 Å². The molecule has 3 N–H and O–H groups in total. The number of nitrogens with two attached hydrogens (primary N) is 1. The van der Waals surface area contributed by atoms with Crippen molar-refractivity contribution < 1.29 is 31.4 Å². The van der Waals surface area contributed by atoms with Gasteiger partial charge in [-0.05, 0) is 50.3 Å². The number of thiophene rings is 1. The van der Waals surface area contributed by atoms with E-state index >= 15 is 8.78 Å². The molecule has 48 heavy (non-hydrogen) atoms. The van der Waals surface area contributed by atoms with Crippen LogP contribution in [0, 0.1) is 28.8 Å². The molecular weight excluding hydrogens is 653 g/mol. The largest absolute Gasteiger partial charge is 0.493 e. The van der Waals surface area contributed by atoms with Gasteiger partial charge in [-0.1, -0.05) is 6.07 Å². The predicted molar refractivity (Wildman–Crippen MR) is 171 cm³/mol. The minimum absolute atomic E-state index is 0.000151. The lowest BCUT2D eigenvalue weighted by atomic mass is 9.94. The van der Waals surface area contributed by atoms with Crippen LogP contribution in [0.4, 0.5) is 32.8 Å². The van der Waals surface area contributed by atoms with Crippen molar-refractivity contribution in [3.8, 4) is 29.0 Å². The number of hydrogen-bond acceptors (Lipinski definition) is 10. The number of hydrogen-bond donors (Lipinski definition) is 2. The number of rotatable bonds is 6. The van der Waals surface area contributed by atoms with E-state index in [2.05, 4.69) is 10.3 Å². The fraction of sp³-hybridized carbons (Fsp3) is 0.424. The number of nitrogens with zero attached hydrogens (tertiary/aromatic N) is 5. The summed E-state index contributed by atoms with van der Waals surface area (Å²) in [6.07, 6.45) is 1.77. The maximum Gasteiger partial charge on any atom is 0.319 e. The highest BCUT2D eigenvalue weighted by Crippen LogP contribution is 2.48. The highest BCUT2D eigenvalue weighted by molar-refractivity contribution is 7.23. The van der Waals surface area contributed by atoms with Gasteiger partial charge in [0.1, 0.15) is 34.8 Å². The van der Waals surface area contributed by atoms with E-state index in [4.69, 9.17) is 20.2 Å². The van der Waals surface area contributed by atoms with Gasteiger partial charge in [-0.25, -0.2) is 13.2 Å². The third kappa shape index (κ3) is 4.67. The molecule has 4 aliphatic rings. The lowest BCUT2D eigenvalue weighted by Gasteiger charge is -2.35. The number of nitriles is 1. The van der Waals surface area contributed by atoms with Gasteiger partial charge in [0.2, 0.25) is 0 Å². The minimum Gasteiger partial charge on any atom is -0.493 e. The summed E-state index contributed by atoms with van der Waals surface area (Å²) in [5, 5.41) is 13.4. The van der Waals surface area contributed by atoms with Gasteiger partial charge < -0.3 is 25.4 Å². The van der Waals surface area contributed by atoms with Crippen LogP contribution < -0.4 is 25.4 Å². The Hall–Kier alpha value is -4.26. The second kappa shape index (κ2) is 11.4. The topological polar surface area (TPSA) is 113 Å². The molecule has 2 bridgehead atoms. The first-order valence-electron chi connectivity index (χ1n) is 15.7. The van der Waals surface area contributed by atoms with E-state index in [1.54, 1.807) is 0 Å². The SMILES string of the molecule is COc1c(F)c(-c2ccc(F)c3sc(N)c(C#N)c23)c(F)c2nc(OC[C@@]34CCCN3CC(=C(F)F)C4)nc(N3CC4CCC(C3)N4)c12. The van der Waals surface area contributed by atoms with E-state index in [0.29, 0.717) is 26.1 Å². The van der Waals surface area contributed by atoms with Crippen molar-refractivity contribution in [3.05, 3.63) is 46.8 Å². The number of aromatic nitrogens is 2. The Morgan fingerprint density at radius 1 is 1.15 bits per heavy atom. The zero-order valence-electron chi connectivity index (χ0n) is 25.8. The van der Waals surface area contributed by atoms with Gasteiger partial charge in [0.25, 0.3) is 6.08 Å². The third-order valence-electron chi connectivity index (χ3n) is 10.3. The molecule has 2 unspecified atom stereocenters. The zero-order valence-corrected chi connectivity index (χ0v) is 26.6. The van der Waals surface area contributed by atoms with E-state index in [1.165, 1.54) is 13.2 Å². The second-order valence-corrected chi connectivity index (χ2v) is 14.0. The number of nitrogen functional groups attached to an aromatic ring is 1. The number of nitrogens with one attached hydrogen (secondary N) is 1. The average molecular weight is 684 g/mol. The predicted octanol–water partition coefficient (Wildman–Crippen LogP) is 6.10. The maximum atomic E-state index is 17.0. The molecule has 6 heterocycles. The van der Waals surface area contributed by atoms with Crippen molar-refractivity contribution in [2.24, 2.45) is 0 Å². The Bertz CT molecular complexity index is 2070. The second-order valence-electron chi connectivity index (χ2n) is 13.0. The highest BCUT2D eigenvalue weighted by Gasteiger charge is 2.48. The lowest BCUT2D eigenvalue weighted by Crippen LogP contribution is -2.51. The number of benzene rings is 2. The average Bonchev–Trinajstić information content (AvgIpc) is 3.81. The first kappa shape index (κ1) is 31.0. The van der Waals surface area contributed by atoms with Gasteiger partial charge in [0.15, 0.2) is 17.4 Å². The lowest BCUT2D eigenvalue weighted by molar-refractivity contribution is 0.108. The summed E-state index contributed by atoms with van der Waals surface area (Å²) >= 11 is 0.813. The summed E-state index contributed by atoms with van der Waals surface area (Å²) in [5.74, 6) is -2.94. The molecule has 2 aromatic carbocycles. The fourth-order valence-electron chi connectivity index (χ4n) is 8.10. The standard InChI is InChI=1S/C33H30F5N7O2S/c1-46-27-23-26(24(35)22(25(27)36)18-5-6-20(34)28-21(18)19(10-39)30(40)48-28)42-32(43-31(23)44-12-16-3-4-17(13-44)41-16)47-14-33-7-2-8-45(33)11-15(9-33)29(37)38/h5-6,16-17,41H,2-4,7-9,11-14,40H2,1H3/t16?,17?,33-/m0/s1. The Balaban J connectivity index is 1.32. The molecule has 4 fully saturated rings. The van der Waals surface area contributed by atoms with Gasteiger partial charge in [0, 0.05) is 42.7 Å². The third-order valence-corrected chi connectivity index (χ3v) is 11.3. The summed E-state index contributed by atoms with van der Waals surface area (Å²) < 4.78 is 87.6. The molecule has 4 aromatic rings. The molecule has 250 valence electrons. The molecule has 0 spiro atoms. The molecule has 2 aromatic heterocycles. The van der Waals surface area contributed by atoms with Crippen LogP contribution in [0.15, 0.2) is 23.8 Å². The van der Waals surface area contributed by atoms with E-state index < -0.39 is 34.6 Å². The van der Waals surface area contributed by atoms with Gasteiger partial charge in [0.05, 0.1) is 33.9 Å². The smallest absolute Gasteiger partial charge is 0.319 e. The number of fused-ring (bicyclic) bond motifs is 5. The highest BCUT2D eigenvalue weighted by atomic mass is 32.1. The van der Waals surface area contributed by atoms with Gasteiger partial charge in [-0.2, -0.15) is 24.0 Å². The molecule has 0 radical (unpaired) electrons. The molecule has 4 saturated heterocycles. The Morgan fingerprint density at radius 2 is 1.92 bits per heavy atom. The van der Waals surface area contributed by atoms with Gasteiger partial charge in [-0.15, -0.1) is 11.3 Å². The maximum absolute atomic E-state index is 17.0. The molecule has 8 rings (SSSR count). The minimum atomic E-state index is -1.69. The summed E-state index contributed by atoms with van der Waals surface area (Å²) in [7, 11) is 1.25. The van der Waals surface area contributed by atoms with Crippen molar-refractivity contribution in [1.82, 2.24) is 20.2 Å². The molecule has 9 nitrogen and oxygen atoms in total. The van der Waals surface area contributed by atoms with Crippen LogP contribution >= 0.6 is 11.3 Å². The van der Waals surface area contributed by atoms with Crippen LogP contribution in [0.2, 0.25) is 0 Å². The van der Waals surface area contributed by atoms with Crippen LogP contribution in [0.5, 0.6) is 11.8 Å². The molecule has 0 aliphatic carbocycles. The Morgan fingerprint density at radius 3 is 2.62 bits per heavy atom. The first-order chi connectivity index (χ1) is 23.1. The number of halogens is 5. The van der Waals surface area contributed by atoms with Crippen LogP contribution in [0.3, 0.4) is 0 Å². The van der Waals surface area contributed by atoms with E-state index in [9.17, 15) is 18.4 Å². The molecule has 0 saturated carbocycles. The van der Waals surface area contributed by atoms with Crippen molar-refractivity contribution in [3.63, 3.8) is 0 Å². The number of ether oxygens (including phenoxy) is 2. The quantitative estimate of drug-likeness (QED) is 0.233. The number of piperazine rings is 1. The molecule has 15 heteroatoms. The summed E-state index contributed by atoms with van der Waals surface area (Å²) in [6, 6.07) is 4.30. The van der Waals surface area contributed by atoms with Crippen molar-refractivity contribution >= 4 is 43.1 Å². The van der Waals surface area contributed by atoms with Crippen LogP contribution in [0.25, 0.3) is 32.1 Å². The Labute approximate surface area is 275 Å². The normalized spacial score (nSPS) is 23.7. The molecular formula is C33H30F5N7O2S. The van der Waals surface area contributed by atoms with Crippen LogP contribution in [0.1, 0.15) is 37.7 Å². The number of anilines is 2. The van der Waals surface area contributed by atoms with Gasteiger partial charge >= 0.3 is 6.01 Å². The fourth-order valence-corrected chi connectivity index (χ4v) is 9.05. The monoisotopic (exact) mass is 683 g/mol. The van der Waals surface area contributed by atoms with E-state index in [0.717, 1.165) is 36.7 Å². The van der Waals surface area contributed by atoms with Crippen molar-refractivity contribution in [1.29, 1.82) is 5.26 Å². The first-order valence-corrected chi connectivity index (χ1v) is 16.5. The summed E-state index contributed by atoms with van der Waals surface area (Å²) in [5.41, 5.74) is 4.36. The molecule has 3 atom stereocenters. The molecule has 4 aliphatic heterocycles. The summed E-state index contributed by atoms with van der Waals surface area (Å²) in [4.78, 5) is 13.1. The van der Waals surface area contributed by atoms with E-state index in [-0.39, 0.29) is 91.9 Å². The Kier molecular flexibility index (Phi) is 7.39. The van der Waals surface area contributed by atoms with Crippen molar-refractivity contribution in [2.75, 3.05) is 50.5 Å². The summed E-state index contributed by atoms with van der Waals surface area (Å²) in [6.45, 7) is 1.81. The zero-order chi connectivity index (χ0) is 33.5. The van der Waals surface area contributed by atoms with E-state index in [1.807, 2.05) is 15.9 Å². The van der Waals surface area contributed by atoms with Gasteiger partial charge in [-0.3, -0.25) is 4.90 Å². The van der Waals surface area contributed by atoms with Crippen molar-refractivity contribution in [2.45, 2.75) is 49.7 Å².